The first-order valence-corrected chi connectivity index (χ1v) is 25.9. The highest BCUT2D eigenvalue weighted by atomic mass is 16.5. The zero-order valence-electron chi connectivity index (χ0n) is 39.5. The van der Waals surface area contributed by atoms with Gasteiger partial charge < -0.3 is 25.6 Å². The van der Waals surface area contributed by atoms with Gasteiger partial charge in [0.1, 0.15) is 12.1 Å². The molecule has 0 bridgehead atoms. The third-order valence-electron chi connectivity index (χ3n) is 12.1. The summed E-state index contributed by atoms with van der Waals surface area (Å²) in [5.41, 5.74) is 0. The molecule has 0 spiro atoms. The summed E-state index contributed by atoms with van der Waals surface area (Å²) in [6, 6.07) is -1.38. The zero-order chi connectivity index (χ0) is 44.0. The molecular formula is C51H98N2O7. The van der Waals surface area contributed by atoms with Crippen molar-refractivity contribution in [2.45, 2.75) is 289 Å². The number of esters is 1. The number of aliphatic hydroxyl groups excluding tert-OH is 1. The molecule has 0 saturated heterocycles. The SMILES string of the molecule is CCCCCCCCCCCCCCCCCCCCCCC(=O)OC(CCCCCCCCCCCCCC)CCCCCCCC(=O)NCC(=O)NC(CO)C(=O)O. The summed E-state index contributed by atoms with van der Waals surface area (Å²) in [5, 5.41) is 22.6. The molecule has 9 nitrogen and oxygen atoms in total. The molecule has 0 radical (unpaired) electrons. The van der Waals surface area contributed by atoms with E-state index in [1.165, 1.54) is 186 Å². The summed E-state index contributed by atoms with van der Waals surface area (Å²) < 4.78 is 6.07. The largest absolute Gasteiger partial charge is 0.480 e. The van der Waals surface area contributed by atoms with Crippen molar-refractivity contribution in [2.24, 2.45) is 0 Å². The minimum atomic E-state index is -1.38. The van der Waals surface area contributed by atoms with Crippen LogP contribution >= 0.6 is 0 Å². The molecule has 9 heteroatoms. The molecule has 0 rings (SSSR count). The van der Waals surface area contributed by atoms with Crippen molar-refractivity contribution >= 4 is 23.8 Å². The van der Waals surface area contributed by atoms with Crippen molar-refractivity contribution in [1.29, 1.82) is 0 Å². The van der Waals surface area contributed by atoms with Crippen LogP contribution in [-0.2, 0) is 23.9 Å². The first-order valence-electron chi connectivity index (χ1n) is 25.9. The van der Waals surface area contributed by atoms with Crippen molar-refractivity contribution in [3.8, 4) is 0 Å². The van der Waals surface area contributed by atoms with Crippen molar-refractivity contribution in [1.82, 2.24) is 10.6 Å². The second-order valence-corrected chi connectivity index (χ2v) is 18.0. The molecule has 0 aliphatic rings. The molecule has 60 heavy (non-hydrogen) atoms. The van der Waals surface area contributed by atoms with Crippen molar-refractivity contribution in [3.63, 3.8) is 0 Å². The van der Waals surface area contributed by atoms with Gasteiger partial charge in [0, 0.05) is 12.8 Å². The van der Waals surface area contributed by atoms with E-state index in [2.05, 4.69) is 24.5 Å². The molecular weight excluding hydrogens is 753 g/mol. The summed E-state index contributed by atoms with van der Waals surface area (Å²) in [5.74, 6) is -2.26. The Morgan fingerprint density at radius 2 is 0.750 bits per heavy atom. The van der Waals surface area contributed by atoms with Crippen LogP contribution < -0.4 is 10.6 Å². The minimum Gasteiger partial charge on any atom is -0.480 e. The first-order chi connectivity index (χ1) is 29.3. The van der Waals surface area contributed by atoms with E-state index in [9.17, 15) is 19.2 Å². The lowest BCUT2D eigenvalue weighted by molar-refractivity contribution is -0.150. The molecule has 354 valence electrons. The topological polar surface area (TPSA) is 142 Å². The standard InChI is InChI=1S/C51H98N2O7/c1-3-5-7-9-11-13-15-17-18-19-20-21-22-23-24-26-28-30-35-39-43-50(57)60-46(40-36-32-29-27-25-16-14-12-10-8-6-4-2)41-37-33-31-34-38-42-48(55)52-44-49(56)53-47(45-54)51(58)59/h46-47,54H,3-45H2,1-2H3,(H,52,55)(H,53,56)(H,58,59). The summed E-state index contributed by atoms with van der Waals surface area (Å²) in [6.07, 6.45) is 50.0. The molecule has 2 amide bonds. The second kappa shape index (κ2) is 46.3. The normalized spacial score (nSPS) is 12.3. The average Bonchev–Trinajstić information content (AvgIpc) is 3.23. The minimum absolute atomic E-state index is 0.00536. The Labute approximate surface area is 369 Å². The Morgan fingerprint density at radius 3 is 1.08 bits per heavy atom. The lowest BCUT2D eigenvalue weighted by Gasteiger charge is -2.18. The maximum Gasteiger partial charge on any atom is 0.328 e. The van der Waals surface area contributed by atoms with E-state index < -0.39 is 24.5 Å². The molecule has 0 fully saturated rings. The van der Waals surface area contributed by atoms with Gasteiger partial charge in [-0.2, -0.15) is 0 Å². The van der Waals surface area contributed by atoms with E-state index in [4.69, 9.17) is 14.9 Å². The zero-order valence-corrected chi connectivity index (χ0v) is 39.5. The van der Waals surface area contributed by atoms with Crippen LogP contribution in [-0.4, -0.2) is 59.3 Å². The molecule has 0 aliphatic carbocycles. The van der Waals surface area contributed by atoms with E-state index in [1.807, 2.05) is 0 Å². The molecule has 0 saturated carbocycles. The van der Waals surface area contributed by atoms with Gasteiger partial charge in [-0.3, -0.25) is 14.4 Å². The molecule has 0 aromatic rings. The first kappa shape index (κ1) is 57.8. The highest BCUT2D eigenvalue weighted by molar-refractivity contribution is 5.87. The summed E-state index contributed by atoms with van der Waals surface area (Å²) in [6.45, 7) is 3.53. The highest BCUT2D eigenvalue weighted by Gasteiger charge is 2.19. The number of nitrogens with one attached hydrogen (secondary N) is 2. The Bertz CT molecular complexity index is 977. The lowest BCUT2D eigenvalue weighted by Crippen LogP contribution is -2.47. The summed E-state index contributed by atoms with van der Waals surface area (Å²) in [7, 11) is 0. The van der Waals surface area contributed by atoms with Gasteiger partial charge in [-0.05, 0) is 38.5 Å². The van der Waals surface area contributed by atoms with Crippen LogP contribution in [0.15, 0.2) is 0 Å². The smallest absolute Gasteiger partial charge is 0.328 e. The van der Waals surface area contributed by atoms with Gasteiger partial charge in [0.25, 0.3) is 0 Å². The Kier molecular flexibility index (Phi) is 44.7. The van der Waals surface area contributed by atoms with Crippen LogP contribution in [0, 0.1) is 0 Å². The van der Waals surface area contributed by atoms with Crippen LogP contribution in [0.25, 0.3) is 0 Å². The number of rotatable bonds is 48. The number of hydrogen-bond acceptors (Lipinski definition) is 6. The summed E-state index contributed by atoms with van der Waals surface area (Å²) >= 11 is 0. The lowest BCUT2D eigenvalue weighted by atomic mass is 10.0. The van der Waals surface area contributed by atoms with Crippen LogP contribution in [0.3, 0.4) is 0 Å². The maximum absolute atomic E-state index is 12.9. The van der Waals surface area contributed by atoms with Crippen molar-refractivity contribution < 1.29 is 34.1 Å². The molecule has 0 heterocycles. The Hall–Kier alpha value is -2.16. The van der Waals surface area contributed by atoms with Gasteiger partial charge in [0.05, 0.1) is 13.2 Å². The van der Waals surface area contributed by atoms with Gasteiger partial charge in [-0.15, -0.1) is 0 Å². The predicted octanol–water partition coefficient (Wildman–Crippen LogP) is 13.6. The number of ether oxygens (including phenoxy) is 1. The monoisotopic (exact) mass is 851 g/mol. The molecule has 2 atom stereocenters. The van der Waals surface area contributed by atoms with Crippen LogP contribution in [0.2, 0.25) is 0 Å². The molecule has 4 N–H and O–H groups in total. The Balaban J connectivity index is 4.18. The fourth-order valence-electron chi connectivity index (χ4n) is 8.13. The van der Waals surface area contributed by atoms with Crippen molar-refractivity contribution in [3.05, 3.63) is 0 Å². The molecule has 0 aromatic heterocycles. The van der Waals surface area contributed by atoms with Crippen LogP contribution in [0.4, 0.5) is 0 Å². The summed E-state index contributed by atoms with van der Waals surface area (Å²) in [4.78, 5) is 47.8. The quantitative estimate of drug-likeness (QED) is 0.0353. The molecule has 0 aromatic carbocycles. The van der Waals surface area contributed by atoms with Gasteiger partial charge in [-0.1, -0.05) is 226 Å². The predicted molar refractivity (Wildman–Crippen MR) is 250 cm³/mol. The van der Waals surface area contributed by atoms with Gasteiger partial charge >= 0.3 is 11.9 Å². The third-order valence-corrected chi connectivity index (χ3v) is 12.1. The van der Waals surface area contributed by atoms with Crippen molar-refractivity contribution in [2.75, 3.05) is 13.2 Å². The van der Waals surface area contributed by atoms with Crippen LogP contribution in [0.1, 0.15) is 277 Å². The Morgan fingerprint density at radius 1 is 0.433 bits per heavy atom. The van der Waals surface area contributed by atoms with E-state index in [0.29, 0.717) is 19.3 Å². The number of carbonyl (C=O) groups is 4. The molecule has 2 unspecified atom stereocenters. The molecule has 0 aliphatic heterocycles. The van der Waals surface area contributed by atoms with E-state index >= 15 is 0 Å². The number of carbonyl (C=O) groups excluding carboxylic acids is 3. The number of carboxylic acids is 1. The van der Waals surface area contributed by atoms with Gasteiger partial charge in [0.15, 0.2) is 0 Å². The van der Waals surface area contributed by atoms with Gasteiger partial charge in [-0.25, -0.2) is 4.79 Å². The fourth-order valence-corrected chi connectivity index (χ4v) is 8.13. The number of amides is 2. The second-order valence-electron chi connectivity index (χ2n) is 18.0. The van der Waals surface area contributed by atoms with E-state index in [-0.39, 0.29) is 24.5 Å². The maximum atomic E-state index is 12.9. The van der Waals surface area contributed by atoms with E-state index in [0.717, 1.165) is 57.8 Å². The third kappa shape index (κ3) is 42.5. The fraction of sp³-hybridized carbons (Fsp3) is 0.922. The van der Waals surface area contributed by atoms with Gasteiger partial charge in [0.2, 0.25) is 11.8 Å². The van der Waals surface area contributed by atoms with E-state index in [1.54, 1.807) is 0 Å². The van der Waals surface area contributed by atoms with Crippen LogP contribution in [0.5, 0.6) is 0 Å². The highest BCUT2D eigenvalue weighted by Crippen LogP contribution is 2.20. The number of hydrogen-bond donors (Lipinski definition) is 4. The number of aliphatic hydroxyl groups is 1. The number of carboxylic acid groups (broad SMARTS) is 1. The average molecular weight is 851 g/mol. The number of aliphatic carboxylic acids is 1. The number of unbranched alkanes of at least 4 members (excludes halogenated alkanes) is 34.